The summed E-state index contributed by atoms with van der Waals surface area (Å²) in [5.74, 6) is 0. The van der Waals surface area contributed by atoms with Crippen molar-refractivity contribution in [1.29, 1.82) is 0 Å². The molecule has 0 radical (unpaired) electrons. The molecule has 0 amide bonds. The Balaban J connectivity index is 2.14. The molecule has 0 saturated heterocycles. The topological polar surface area (TPSA) is 37.8 Å². The molecule has 3 heteroatoms. The van der Waals surface area contributed by atoms with Gasteiger partial charge in [0.15, 0.2) is 0 Å². The van der Waals surface area contributed by atoms with Gasteiger partial charge in [0.05, 0.1) is 23.6 Å². The largest absolute Gasteiger partial charge is 0.308 e. The van der Waals surface area contributed by atoms with Crippen LogP contribution in [0.4, 0.5) is 0 Å². The predicted molar refractivity (Wildman–Crippen MR) is 82.7 cm³/mol. The zero-order valence-electron chi connectivity index (χ0n) is 12.6. The van der Waals surface area contributed by atoms with Crippen molar-refractivity contribution in [3.8, 4) is 0 Å². The highest BCUT2D eigenvalue weighted by Crippen LogP contribution is 2.16. The molecule has 0 bridgehead atoms. The van der Waals surface area contributed by atoms with E-state index in [0.29, 0.717) is 0 Å². The summed E-state index contributed by atoms with van der Waals surface area (Å²) in [6.45, 7) is 7.25. The van der Waals surface area contributed by atoms with Crippen LogP contribution < -0.4 is 5.32 Å². The van der Waals surface area contributed by atoms with E-state index < -0.39 is 0 Å². The van der Waals surface area contributed by atoms with Crippen LogP contribution in [0, 0.1) is 13.8 Å². The van der Waals surface area contributed by atoms with Crippen LogP contribution >= 0.6 is 0 Å². The van der Waals surface area contributed by atoms with Crippen LogP contribution in [0.5, 0.6) is 0 Å². The third kappa shape index (κ3) is 4.14. The maximum Gasteiger partial charge on any atom is 0.0759 e. The summed E-state index contributed by atoms with van der Waals surface area (Å²) in [5.41, 5.74) is 4.59. The number of aryl methyl sites for hydroxylation is 2. The molecule has 106 valence electrons. The van der Waals surface area contributed by atoms with E-state index in [9.17, 15) is 0 Å². The molecule has 0 fully saturated rings. The van der Waals surface area contributed by atoms with Gasteiger partial charge < -0.3 is 5.32 Å². The van der Waals surface area contributed by atoms with Crippen LogP contribution in [0.25, 0.3) is 0 Å². The second-order valence-corrected chi connectivity index (χ2v) is 5.28. The van der Waals surface area contributed by atoms with Crippen molar-refractivity contribution in [3.05, 3.63) is 59.2 Å². The molecular weight excluding hydrogens is 246 g/mol. The lowest BCUT2D eigenvalue weighted by Crippen LogP contribution is -2.25. The number of aromatic nitrogens is 2. The molecule has 1 N–H and O–H groups in total. The molecule has 0 aliphatic carbocycles. The quantitative estimate of drug-likeness (QED) is 0.873. The Labute approximate surface area is 121 Å². The van der Waals surface area contributed by atoms with Gasteiger partial charge in [0, 0.05) is 6.20 Å². The van der Waals surface area contributed by atoms with Gasteiger partial charge in [0.25, 0.3) is 0 Å². The average Bonchev–Trinajstić information content (AvgIpc) is 2.46. The Morgan fingerprint density at radius 2 is 1.80 bits per heavy atom. The monoisotopic (exact) mass is 269 g/mol. The normalized spacial score (nSPS) is 12.3. The predicted octanol–water partition coefficient (Wildman–Crippen LogP) is 3.38. The molecule has 3 nitrogen and oxygen atoms in total. The first-order chi connectivity index (χ1) is 9.69. The number of rotatable bonds is 6. The molecule has 0 aliphatic heterocycles. The van der Waals surface area contributed by atoms with Gasteiger partial charge in [-0.15, -0.1) is 0 Å². The fourth-order valence-corrected chi connectivity index (χ4v) is 2.14. The van der Waals surface area contributed by atoms with E-state index in [-0.39, 0.29) is 6.04 Å². The van der Waals surface area contributed by atoms with Gasteiger partial charge >= 0.3 is 0 Å². The summed E-state index contributed by atoms with van der Waals surface area (Å²) < 4.78 is 0. The molecule has 2 aromatic rings. The van der Waals surface area contributed by atoms with Gasteiger partial charge in [-0.2, -0.15) is 0 Å². The van der Waals surface area contributed by atoms with E-state index in [0.717, 1.165) is 30.8 Å². The summed E-state index contributed by atoms with van der Waals surface area (Å²) in [7, 11) is 0. The molecule has 0 saturated carbocycles. The second kappa shape index (κ2) is 7.15. The lowest BCUT2D eigenvalue weighted by atomic mass is 10.0. The molecular formula is C17H23N3. The lowest BCUT2D eigenvalue weighted by molar-refractivity contribution is 0.515. The zero-order chi connectivity index (χ0) is 14.4. The SMILES string of the molecule is CCCNC(Cc1ccc(C)cc1)c1cnc(C)cn1. The number of hydrogen-bond donors (Lipinski definition) is 1. The smallest absolute Gasteiger partial charge is 0.0759 e. The highest BCUT2D eigenvalue weighted by molar-refractivity contribution is 5.23. The number of nitrogens with one attached hydrogen (secondary N) is 1. The molecule has 1 heterocycles. The second-order valence-electron chi connectivity index (χ2n) is 5.28. The Kier molecular flexibility index (Phi) is 5.24. The summed E-state index contributed by atoms with van der Waals surface area (Å²) >= 11 is 0. The summed E-state index contributed by atoms with van der Waals surface area (Å²) in [4.78, 5) is 8.88. The van der Waals surface area contributed by atoms with Gasteiger partial charge in [-0.25, -0.2) is 0 Å². The van der Waals surface area contributed by atoms with E-state index in [1.165, 1.54) is 11.1 Å². The third-order valence-electron chi connectivity index (χ3n) is 3.36. The summed E-state index contributed by atoms with van der Waals surface area (Å²) in [6.07, 6.45) is 5.78. The zero-order valence-corrected chi connectivity index (χ0v) is 12.6. The van der Waals surface area contributed by atoms with Crippen LogP contribution in [-0.2, 0) is 6.42 Å². The van der Waals surface area contributed by atoms with E-state index in [1.807, 2.05) is 19.3 Å². The third-order valence-corrected chi connectivity index (χ3v) is 3.36. The summed E-state index contributed by atoms with van der Waals surface area (Å²) in [5, 5.41) is 3.57. The fourth-order valence-electron chi connectivity index (χ4n) is 2.14. The minimum Gasteiger partial charge on any atom is -0.308 e. The van der Waals surface area contributed by atoms with Crippen molar-refractivity contribution in [3.63, 3.8) is 0 Å². The molecule has 1 unspecified atom stereocenters. The molecule has 0 aliphatic rings. The standard InChI is InChI=1S/C17H23N3/c1-4-9-18-16(17-12-19-14(3)11-20-17)10-15-7-5-13(2)6-8-15/h5-8,11-12,16,18H,4,9-10H2,1-3H3. The average molecular weight is 269 g/mol. The molecule has 2 rings (SSSR count). The van der Waals surface area contributed by atoms with Gasteiger partial charge in [-0.1, -0.05) is 36.8 Å². The van der Waals surface area contributed by atoms with Crippen molar-refractivity contribution >= 4 is 0 Å². The van der Waals surface area contributed by atoms with Gasteiger partial charge in [0.2, 0.25) is 0 Å². The van der Waals surface area contributed by atoms with Crippen LogP contribution in [0.2, 0.25) is 0 Å². The minimum atomic E-state index is 0.228. The van der Waals surface area contributed by atoms with Gasteiger partial charge in [-0.05, 0) is 38.8 Å². The first kappa shape index (κ1) is 14.7. The van der Waals surface area contributed by atoms with E-state index >= 15 is 0 Å². The van der Waals surface area contributed by atoms with Crippen molar-refractivity contribution in [1.82, 2.24) is 15.3 Å². The summed E-state index contributed by atoms with van der Waals surface area (Å²) in [6, 6.07) is 8.93. The number of benzene rings is 1. The van der Waals surface area contributed by atoms with E-state index in [4.69, 9.17) is 0 Å². The Morgan fingerprint density at radius 1 is 1.05 bits per heavy atom. The maximum absolute atomic E-state index is 4.52. The maximum atomic E-state index is 4.52. The number of nitrogens with zero attached hydrogens (tertiary/aromatic N) is 2. The van der Waals surface area contributed by atoms with Crippen LogP contribution in [0.15, 0.2) is 36.7 Å². The van der Waals surface area contributed by atoms with Crippen LogP contribution in [-0.4, -0.2) is 16.5 Å². The van der Waals surface area contributed by atoms with Crippen molar-refractivity contribution in [2.45, 2.75) is 39.7 Å². The Bertz CT molecular complexity index is 517. The number of hydrogen-bond acceptors (Lipinski definition) is 3. The molecule has 20 heavy (non-hydrogen) atoms. The Morgan fingerprint density at radius 3 is 2.40 bits per heavy atom. The van der Waals surface area contributed by atoms with Gasteiger partial charge in [0.1, 0.15) is 0 Å². The van der Waals surface area contributed by atoms with Crippen molar-refractivity contribution < 1.29 is 0 Å². The van der Waals surface area contributed by atoms with E-state index in [1.54, 1.807) is 0 Å². The van der Waals surface area contributed by atoms with Gasteiger partial charge in [-0.3, -0.25) is 9.97 Å². The Hall–Kier alpha value is -1.74. The molecule has 1 atom stereocenters. The van der Waals surface area contributed by atoms with Crippen LogP contribution in [0.3, 0.4) is 0 Å². The minimum absolute atomic E-state index is 0.228. The van der Waals surface area contributed by atoms with E-state index in [2.05, 4.69) is 53.4 Å². The highest BCUT2D eigenvalue weighted by Gasteiger charge is 2.13. The molecule has 1 aromatic heterocycles. The fraction of sp³-hybridized carbons (Fsp3) is 0.412. The van der Waals surface area contributed by atoms with Crippen molar-refractivity contribution in [2.24, 2.45) is 0 Å². The highest BCUT2D eigenvalue weighted by atomic mass is 14.9. The lowest BCUT2D eigenvalue weighted by Gasteiger charge is -2.18. The molecule has 0 spiro atoms. The van der Waals surface area contributed by atoms with Crippen molar-refractivity contribution in [2.75, 3.05) is 6.54 Å². The first-order valence-corrected chi connectivity index (χ1v) is 7.26. The molecule has 1 aromatic carbocycles. The first-order valence-electron chi connectivity index (χ1n) is 7.26. The van der Waals surface area contributed by atoms with Crippen LogP contribution in [0.1, 0.15) is 41.9 Å².